The molecule has 1 amide bonds. The topological polar surface area (TPSA) is 56.0 Å². The van der Waals surface area contributed by atoms with Gasteiger partial charge in [-0.1, -0.05) is 11.8 Å². The van der Waals surface area contributed by atoms with Crippen LogP contribution < -0.4 is 5.73 Å². The Morgan fingerprint density at radius 3 is 2.42 bits per heavy atom. The number of carbonyl (C=O) groups is 1. The fourth-order valence-corrected chi connectivity index (χ4v) is 1.46. The van der Waals surface area contributed by atoms with Gasteiger partial charge in [-0.3, -0.25) is 9.78 Å². The summed E-state index contributed by atoms with van der Waals surface area (Å²) in [6.45, 7) is 0. The van der Waals surface area contributed by atoms with E-state index in [1.54, 1.807) is 42.7 Å². The van der Waals surface area contributed by atoms with E-state index in [1.165, 1.54) is 0 Å². The largest absolute Gasteiger partial charge is 0.366 e. The number of rotatable bonds is 2. The number of amides is 1. The molecule has 3 heteroatoms. The van der Waals surface area contributed by atoms with E-state index in [2.05, 4.69) is 16.8 Å². The molecule has 0 unspecified atom stereocenters. The molecule has 0 atom stereocenters. The highest BCUT2D eigenvalue weighted by Gasteiger charge is 1.97. The molecule has 1 heterocycles. The smallest absolute Gasteiger partial charge is 0.248 e. The predicted octanol–water partition coefficient (Wildman–Crippen LogP) is 2.25. The van der Waals surface area contributed by atoms with Gasteiger partial charge in [-0.05, 0) is 54.1 Å². The van der Waals surface area contributed by atoms with Crippen molar-refractivity contribution in [1.82, 2.24) is 4.98 Å². The molecule has 0 saturated carbocycles. The number of carbonyl (C=O) groups excluding carboxylic acids is 1. The van der Waals surface area contributed by atoms with E-state index in [4.69, 9.17) is 5.73 Å². The summed E-state index contributed by atoms with van der Waals surface area (Å²) < 4.78 is 0. The number of benzene rings is 1. The van der Waals surface area contributed by atoms with E-state index in [9.17, 15) is 4.79 Å². The van der Waals surface area contributed by atoms with Crippen LogP contribution in [-0.2, 0) is 0 Å². The number of primary amides is 1. The molecule has 92 valence electrons. The molecule has 0 spiro atoms. The Morgan fingerprint density at radius 2 is 1.79 bits per heavy atom. The summed E-state index contributed by atoms with van der Waals surface area (Å²) >= 11 is 0. The maximum atomic E-state index is 10.9. The molecule has 2 rings (SSSR count). The molecule has 0 saturated heterocycles. The van der Waals surface area contributed by atoms with Crippen LogP contribution >= 0.6 is 0 Å². The van der Waals surface area contributed by atoms with Gasteiger partial charge in [0.2, 0.25) is 5.91 Å². The van der Waals surface area contributed by atoms with Crippen molar-refractivity contribution in [3.63, 3.8) is 0 Å². The van der Waals surface area contributed by atoms with Gasteiger partial charge in [0, 0.05) is 23.5 Å². The van der Waals surface area contributed by atoms with Crippen molar-refractivity contribution < 1.29 is 4.79 Å². The Balaban J connectivity index is 2.04. The average Bonchev–Trinajstić information content (AvgIpc) is 2.45. The van der Waals surface area contributed by atoms with E-state index in [0.29, 0.717) is 5.56 Å². The fraction of sp³-hybridized carbons (Fsp3) is 0. The fourth-order valence-electron chi connectivity index (χ4n) is 1.46. The van der Waals surface area contributed by atoms with Gasteiger partial charge in [-0.25, -0.2) is 0 Å². The second-order valence-electron chi connectivity index (χ2n) is 3.82. The Bertz CT molecular complexity index is 647. The number of allylic oxidation sites excluding steroid dienone is 1. The normalized spacial score (nSPS) is 9.89. The molecular weight excluding hydrogens is 236 g/mol. The van der Waals surface area contributed by atoms with Crippen LogP contribution in [0.25, 0.3) is 6.08 Å². The zero-order valence-electron chi connectivity index (χ0n) is 10.2. The van der Waals surface area contributed by atoms with Crippen molar-refractivity contribution in [2.24, 2.45) is 5.73 Å². The first-order valence-corrected chi connectivity index (χ1v) is 5.74. The summed E-state index contributed by atoms with van der Waals surface area (Å²) in [4.78, 5) is 14.8. The minimum absolute atomic E-state index is 0.433. The lowest BCUT2D eigenvalue weighted by atomic mass is 10.1. The molecule has 19 heavy (non-hydrogen) atoms. The highest BCUT2D eigenvalue weighted by Crippen LogP contribution is 2.02. The summed E-state index contributed by atoms with van der Waals surface area (Å²) in [5.41, 5.74) is 7.53. The molecule has 3 nitrogen and oxygen atoms in total. The third-order valence-corrected chi connectivity index (χ3v) is 2.45. The van der Waals surface area contributed by atoms with Crippen molar-refractivity contribution in [2.45, 2.75) is 0 Å². The van der Waals surface area contributed by atoms with Crippen molar-refractivity contribution >= 4 is 12.0 Å². The van der Waals surface area contributed by atoms with Gasteiger partial charge in [0.25, 0.3) is 0 Å². The lowest BCUT2D eigenvalue weighted by Crippen LogP contribution is -2.10. The average molecular weight is 248 g/mol. The van der Waals surface area contributed by atoms with Crippen LogP contribution in [0, 0.1) is 11.8 Å². The van der Waals surface area contributed by atoms with Gasteiger partial charge in [0.05, 0.1) is 0 Å². The minimum atomic E-state index is -0.433. The lowest BCUT2D eigenvalue weighted by molar-refractivity contribution is 0.100. The summed E-state index contributed by atoms with van der Waals surface area (Å²) in [5, 5.41) is 0. The maximum Gasteiger partial charge on any atom is 0.248 e. The monoisotopic (exact) mass is 248 g/mol. The van der Waals surface area contributed by atoms with Gasteiger partial charge in [-0.15, -0.1) is 0 Å². The van der Waals surface area contributed by atoms with Crippen LogP contribution in [-0.4, -0.2) is 10.9 Å². The van der Waals surface area contributed by atoms with Crippen LogP contribution in [0.2, 0.25) is 0 Å². The Labute approximate surface area is 111 Å². The SMILES string of the molecule is NC(=O)c1ccc(C#C/C=C/c2ccncc2)cc1. The van der Waals surface area contributed by atoms with E-state index in [-0.39, 0.29) is 0 Å². The number of nitrogens with zero attached hydrogens (tertiary/aromatic N) is 1. The first-order chi connectivity index (χ1) is 9.25. The molecule has 0 aliphatic heterocycles. The third-order valence-electron chi connectivity index (χ3n) is 2.45. The van der Waals surface area contributed by atoms with Gasteiger partial charge in [0.1, 0.15) is 0 Å². The van der Waals surface area contributed by atoms with Crippen LogP contribution in [0.5, 0.6) is 0 Å². The quantitative estimate of drug-likeness (QED) is 0.829. The number of aromatic nitrogens is 1. The Kier molecular flexibility index (Phi) is 4.09. The highest BCUT2D eigenvalue weighted by molar-refractivity contribution is 5.92. The van der Waals surface area contributed by atoms with Crippen LogP contribution in [0.1, 0.15) is 21.5 Å². The van der Waals surface area contributed by atoms with E-state index in [0.717, 1.165) is 11.1 Å². The molecule has 1 aromatic heterocycles. The number of hydrogen-bond acceptors (Lipinski definition) is 2. The van der Waals surface area contributed by atoms with Crippen molar-refractivity contribution in [1.29, 1.82) is 0 Å². The number of hydrogen-bond donors (Lipinski definition) is 1. The highest BCUT2D eigenvalue weighted by atomic mass is 16.1. The van der Waals surface area contributed by atoms with Crippen LogP contribution in [0.4, 0.5) is 0 Å². The summed E-state index contributed by atoms with van der Waals surface area (Å²) in [7, 11) is 0. The zero-order chi connectivity index (χ0) is 13.5. The van der Waals surface area contributed by atoms with Gasteiger partial charge in [0.15, 0.2) is 0 Å². The molecule has 2 N–H and O–H groups in total. The zero-order valence-corrected chi connectivity index (χ0v) is 10.2. The summed E-state index contributed by atoms with van der Waals surface area (Å²) in [6, 6.07) is 10.7. The first kappa shape index (κ1) is 12.6. The molecule has 0 fully saturated rings. The van der Waals surface area contributed by atoms with Crippen LogP contribution in [0.3, 0.4) is 0 Å². The Morgan fingerprint density at radius 1 is 1.11 bits per heavy atom. The van der Waals surface area contributed by atoms with E-state index >= 15 is 0 Å². The van der Waals surface area contributed by atoms with Gasteiger partial charge < -0.3 is 5.73 Å². The van der Waals surface area contributed by atoms with E-state index in [1.807, 2.05) is 18.2 Å². The summed E-state index contributed by atoms with van der Waals surface area (Å²) in [6.07, 6.45) is 7.15. The molecule has 2 aromatic rings. The van der Waals surface area contributed by atoms with Gasteiger partial charge >= 0.3 is 0 Å². The number of pyridine rings is 1. The molecule has 0 radical (unpaired) electrons. The molecule has 1 aromatic carbocycles. The maximum absolute atomic E-state index is 10.9. The second kappa shape index (κ2) is 6.18. The second-order valence-corrected chi connectivity index (χ2v) is 3.82. The van der Waals surface area contributed by atoms with Gasteiger partial charge in [-0.2, -0.15) is 0 Å². The Hall–Kier alpha value is -2.86. The number of nitrogens with two attached hydrogens (primary N) is 1. The van der Waals surface area contributed by atoms with E-state index < -0.39 is 5.91 Å². The standard InChI is InChI=1S/C16H12N2O/c17-16(19)15-7-5-13(6-8-15)3-1-2-4-14-9-11-18-12-10-14/h2,4-12H,(H2,17,19)/b4-2+. The molecular formula is C16H12N2O. The first-order valence-electron chi connectivity index (χ1n) is 5.74. The summed E-state index contributed by atoms with van der Waals surface area (Å²) in [5.74, 6) is 5.47. The molecule has 0 aliphatic carbocycles. The van der Waals surface area contributed by atoms with Crippen molar-refractivity contribution in [3.05, 3.63) is 71.6 Å². The molecule has 0 aliphatic rings. The predicted molar refractivity (Wildman–Crippen MR) is 75.1 cm³/mol. The van der Waals surface area contributed by atoms with Crippen molar-refractivity contribution in [2.75, 3.05) is 0 Å². The third kappa shape index (κ3) is 3.83. The lowest BCUT2D eigenvalue weighted by Gasteiger charge is -1.94. The minimum Gasteiger partial charge on any atom is -0.366 e. The molecule has 0 bridgehead atoms. The van der Waals surface area contributed by atoms with Crippen molar-refractivity contribution in [3.8, 4) is 11.8 Å². The van der Waals surface area contributed by atoms with Crippen LogP contribution in [0.15, 0.2) is 54.9 Å².